The highest BCUT2D eigenvalue weighted by Gasteiger charge is 2.27. The Labute approximate surface area is 115 Å². The normalized spacial score (nSPS) is 21.1. The maximum absolute atomic E-state index is 6.50. The van der Waals surface area contributed by atoms with Crippen LogP contribution in [0.5, 0.6) is 0 Å². The Bertz CT molecular complexity index is 341. The van der Waals surface area contributed by atoms with Gasteiger partial charge in [0.1, 0.15) is 0 Å². The lowest BCUT2D eigenvalue weighted by Crippen LogP contribution is -2.44. The van der Waals surface area contributed by atoms with E-state index < -0.39 is 0 Å². The molecular weight excluding hydrogens is 240 g/mol. The second-order valence-electron chi connectivity index (χ2n) is 5.85. The van der Waals surface area contributed by atoms with Gasteiger partial charge >= 0.3 is 0 Å². The van der Waals surface area contributed by atoms with Crippen LogP contribution in [0, 0.1) is 0 Å². The number of rotatable bonds is 5. The van der Waals surface area contributed by atoms with Crippen molar-refractivity contribution in [1.82, 2.24) is 4.90 Å². The number of thiophene rings is 1. The zero-order chi connectivity index (χ0) is 13.0. The molecule has 0 amide bonds. The maximum atomic E-state index is 6.50. The largest absolute Gasteiger partial charge is 0.325 e. The quantitative estimate of drug-likeness (QED) is 0.878. The van der Waals surface area contributed by atoms with E-state index >= 15 is 0 Å². The van der Waals surface area contributed by atoms with Gasteiger partial charge in [0.2, 0.25) is 0 Å². The van der Waals surface area contributed by atoms with Crippen molar-refractivity contribution in [2.75, 3.05) is 13.6 Å². The lowest BCUT2D eigenvalue weighted by Gasteiger charge is -2.35. The molecule has 1 atom stereocenters. The van der Waals surface area contributed by atoms with Crippen LogP contribution in [-0.2, 0) is 0 Å². The van der Waals surface area contributed by atoms with E-state index in [4.69, 9.17) is 5.73 Å². The van der Waals surface area contributed by atoms with Gasteiger partial charge in [-0.05, 0) is 44.7 Å². The molecule has 1 saturated carbocycles. The molecule has 2 nitrogen and oxygen atoms in total. The molecule has 1 unspecified atom stereocenters. The Hall–Kier alpha value is -0.380. The minimum absolute atomic E-state index is 0.113. The summed E-state index contributed by atoms with van der Waals surface area (Å²) < 4.78 is 0. The monoisotopic (exact) mass is 266 g/mol. The standard InChI is InChI=1S/C15H26N2S/c1-13(14-7-6-12-18-14)17(2)11-10-15(16)8-4-3-5-9-15/h6-7,12-13H,3-5,8-11,16H2,1-2H3. The van der Waals surface area contributed by atoms with E-state index in [1.165, 1.54) is 37.0 Å². The predicted molar refractivity (Wildman–Crippen MR) is 80.0 cm³/mol. The topological polar surface area (TPSA) is 29.3 Å². The van der Waals surface area contributed by atoms with E-state index in [0.717, 1.165) is 13.0 Å². The Morgan fingerprint density at radius 1 is 1.39 bits per heavy atom. The first kappa shape index (κ1) is 14.0. The minimum atomic E-state index is 0.113. The summed E-state index contributed by atoms with van der Waals surface area (Å²) in [5.74, 6) is 0. The Kier molecular flexibility index (Phi) is 4.82. The van der Waals surface area contributed by atoms with Crippen molar-refractivity contribution >= 4 is 11.3 Å². The fourth-order valence-electron chi connectivity index (χ4n) is 2.84. The van der Waals surface area contributed by atoms with Crippen molar-refractivity contribution in [3.8, 4) is 0 Å². The van der Waals surface area contributed by atoms with Crippen molar-refractivity contribution in [2.45, 2.75) is 57.0 Å². The Morgan fingerprint density at radius 2 is 2.11 bits per heavy atom. The molecule has 2 rings (SSSR count). The van der Waals surface area contributed by atoms with Crippen molar-refractivity contribution in [3.63, 3.8) is 0 Å². The smallest absolute Gasteiger partial charge is 0.0410 e. The lowest BCUT2D eigenvalue weighted by molar-refractivity contribution is 0.202. The summed E-state index contributed by atoms with van der Waals surface area (Å²) in [6.07, 6.45) is 7.59. The van der Waals surface area contributed by atoms with Crippen LogP contribution in [0.25, 0.3) is 0 Å². The highest BCUT2D eigenvalue weighted by atomic mass is 32.1. The van der Waals surface area contributed by atoms with Gasteiger partial charge in [0.05, 0.1) is 0 Å². The molecule has 1 aliphatic carbocycles. The van der Waals surface area contributed by atoms with Crippen LogP contribution in [0.15, 0.2) is 17.5 Å². The highest BCUT2D eigenvalue weighted by molar-refractivity contribution is 7.10. The van der Waals surface area contributed by atoms with Gasteiger partial charge in [-0.25, -0.2) is 0 Å². The van der Waals surface area contributed by atoms with Crippen LogP contribution in [0.1, 0.15) is 56.4 Å². The van der Waals surface area contributed by atoms with Gasteiger partial charge in [0.15, 0.2) is 0 Å². The molecule has 1 aromatic rings. The molecule has 1 heterocycles. The Balaban J connectivity index is 1.82. The van der Waals surface area contributed by atoms with Crippen molar-refractivity contribution < 1.29 is 0 Å². The van der Waals surface area contributed by atoms with Gasteiger partial charge in [-0.3, -0.25) is 4.90 Å². The van der Waals surface area contributed by atoms with E-state index in [1.54, 1.807) is 0 Å². The van der Waals surface area contributed by atoms with Crippen molar-refractivity contribution in [2.24, 2.45) is 5.73 Å². The first-order valence-corrected chi connectivity index (χ1v) is 8.01. The van der Waals surface area contributed by atoms with Gasteiger partial charge in [0, 0.05) is 23.0 Å². The summed E-state index contributed by atoms with van der Waals surface area (Å²) in [6.45, 7) is 3.39. The predicted octanol–water partition coefficient (Wildman–Crippen LogP) is 3.79. The van der Waals surface area contributed by atoms with Crippen LogP contribution in [0.3, 0.4) is 0 Å². The molecule has 102 valence electrons. The molecule has 0 aliphatic heterocycles. The summed E-state index contributed by atoms with van der Waals surface area (Å²) in [7, 11) is 2.22. The third-order valence-corrected chi connectivity index (χ3v) is 5.47. The number of hydrogen-bond acceptors (Lipinski definition) is 3. The van der Waals surface area contributed by atoms with Crippen LogP contribution in [0.4, 0.5) is 0 Å². The molecule has 18 heavy (non-hydrogen) atoms. The molecule has 3 heteroatoms. The fraction of sp³-hybridized carbons (Fsp3) is 0.733. The van der Waals surface area contributed by atoms with Crippen LogP contribution < -0.4 is 5.73 Å². The van der Waals surface area contributed by atoms with Gasteiger partial charge in [-0.15, -0.1) is 11.3 Å². The summed E-state index contributed by atoms with van der Waals surface area (Å²) in [5, 5.41) is 2.16. The molecule has 2 N–H and O–H groups in total. The maximum Gasteiger partial charge on any atom is 0.0410 e. The third-order valence-electron chi connectivity index (χ3n) is 4.43. The first-order valence-electron chi connectivity index (χ1n) is 7.13. The van der Waals surface area contributed by atoms with Crippen LogP contribution >= 0.6 is 11.3 Å². The van der Waals surface area contributed by atoms with Gasteiger partial charge in [-0.2, -0.15) is 0 Å². The molecule has 1 fully saturated rings. The first-order chi connectivity index (χ1) is 8.61. The number of nitrogens with zero attached hydrogens (tertiary/aromatic N) is 1. The van der Waals surface area contributed by atoms with Gasteiger partial charge < -0.3 is 5.73 Å². The van der Waals surface area contributed by atoms with Gasteiger partial charge in [0.25, 0.3) is 0 Å². The Morgan fingerprint density at radius 3 is 2.72 bits per heavy atom. The van der Waals surface area contributed by atoms with E-state index in [0.29, 0.717) is 6.04 Å². The molecule has 0 bridgehead atoms. The molecule has 1 aliphatic rings. The third kappa shape index (κ3) is 3.56. The molecule has 0 spiro atoms. The van der Waals surface area contributed by atoms with Crippen LogP contribution in [-0.4, -0.2) is 24.0 Å². The zero-order valence-electron chi connectivity index (χ0n) is 11.7. The second kappa shape index (κ2) is 6.18. The van der Waals surface area contributed by atoms with E-state index in [-0.39, 0.29) is 5.54 Å². The minimum Gasteiger partial charge on any atom is -0.325 e. The second-order valence-corrected chi connectivity index (χ2v) is 6.82. The molecule has 1 aromatic heterocycles. The zero-order valence-corrected chi connectivity index (χ0v) is 12.5. The SMILES string of the molecule is CC(c1cccs1)N(C)CCC1(N)CCCCC1. The number of nitrogens with two attached hydrogens (primary N) is 1. The van der Waals surface area contributed by atoms with E-state index in [1.807, 2.05) is 11.3 Å². The lowest BCUT2D eigenvalue weighted by atomic mass is 9.80. The van der Waals surface area contributed by atoms with Crippen LogP contribution in [0.2, 0.25) is 0 Å². The fourth-order valence-corrected chi connectivity index (χ4v) is 3.69. The van der Waals surface area contributed by atoms with E-state index in [9.17, 15) is 0 Å². The summed E-state index contributed by atoms with van der Waals surface area (Å²) in [4.78, 5) is 3.89. The van der Waals surface area contributed by atoms with E-state index in [2.05, 4.69) is 36.4 Å². The molecule has 0 radical (unpaired) electrons. The molecule has 0 aromatic carbocycles. The van der Waals surface area contributed by atoms with Crippen molar-refractivity contribution in [1.29, 1.82) is 0 Å². The van der Waals surface area contributed by atoms with Gasteiger partial charge in [-0.1, -0.05) is 25.3 Å². The highest BCUT2D eigenvalue weighted by Crippen LogP contribution is 2.30. The van der Waals surface area contributed by atoms with Crippen molar-refractivity contribution in [3.05, 3.63) is 22.4 Å². The average molecular weight is 266 g/mol. The number of hydrogen-bond donors (Lipinski definition) is 1. The summed E-state index contributed by atoms with van der Waals surface area (Å²) in [6, 6.07) is 4.87. The average Bonchev–Trinajstić information content (AvgIpc) is 2.90. The molecular formula is C15H26N2S. The summed E-state index contributed by atoms with van der Waals surface area (Å²) in [5.41, 5.74) is 6.61. The molecule has 0 saturated heterocycles. The summed E-state index contributed by atoms with van der Waals surface area (Å²) >= 11 is 1.85.